The first kappa shape index (κ1) is 14.1. The van der Waals surface area contributed by atoms with Gasteiger partial charge in [0, 0.05) is 39.0 Å². The number of aryl methyl sites for hydroxylation is 1. The number of amides is 1. The van der Waals surface area contributed by atoms with Crippen molar-refractivity contribution in [3.8, 4) is 0 Å². The highest BCUT2D eigenvalue weighted by atomic mass is 16.5. The Kier molecular flexibility index (Phi) is 4.20. The molecule has 1 aromatic heterocycles. The van der Waals surface area contributed by atoms with Gasteiger partial charge in [-0.15, -0.1) is 0 Å². The van der Waals surface area contributed by atoms with Gasteiger partial charge in [-0.1, -0.05) is 12.1 Å². The van der Waals surface area contributed by atoms with Gasteiger partial charge in [0.05, 0.1) is 17.6 Å². The van der Waals surface area contributed by atoms with Crippen LogP contribution < -0.4 is 0 Å². The third-order valence-corrected chi connectivity index (χ3v) is 4.00. The lowest BCUT2D eigenvalue weighted by molar-refractivity contribution is -0.130. The standard InChI is InChI=1S/C16H21N3O2/c1-19(10-12-8-9-21-11-12)16(20)7-6-15-17-13-4-2-3-5-14(13)18-15/h2-5,12H,6-11H2,1H3,(H,17,18)/t12-/m1/s1. The summed E-state index contributed by atoms with van der Waals surface area (Å²) in [6.45, 7) is 2.39. The lowest BCUT2D eigenvalue weighted by Gasteiger charge is -2.20. The average Bonchev–Trinajstić information content (AvgIpc) is 3.13. The summed E-state index contributed by atoms with van der Waals surface area (Å²) in [6, 6.07) is 7.92. The summed E-state index contributed by atoms with van der Waals surface area (Å²) in [7, 11) is 1.87. The molecule has 5 heteroatoms. The van der Waals surface area contributed by atoms with E-state index < -0.39 is 0 Å². The molecule has 0 spiro atoms. The van der Waals surface area contributed by atoms with E-state index in [-0.39, 0.29) is 5.91 Å². The number of hydrogen-bond acceptors (Lipinski definition) is 3. The number of nitrogens with one attached hydrogen (secondary N) is 1. The van der Waals surface area contributed by atoms with E-state index in [4.69, 9.17) is 4.74 Å². The lowest BCUT2D eigenvalue weighted by atomic mass is 10.1. The van der Waals surface area contributed by atoms with Gasteiger partial charge in [0.15, 0.2) is 0 Å². The minimum atomic E-state index is 0.169. The zero-order valence-electron chi connectivity index (χ0n) is 12.3. The number of imidazole rings is 1. The van der Waals surface area contributed by atoms with E-state index in [1.54, 1.807) is 0 Å². The molecule has 1 aliphatic heterocycles. The van der Waals surface area contributed by atoms with Crippen LogP contribution in [0.1, 0.15) is 18.7 Å². The van der Waals surface area contributed by atoms with E-state index >= 15 is 0 Å². The number of para-hydroxylation sites is 2. The second-order valence-electron chi connectivity index (χ2n) is 5.70. The van der Waals surface area contributed by atoms with Gasteiger partial charge in [0.1, 0.15) is 5.82 Å². The number of nitrogens with zero attached hydrogens (tertiary/aromatic N) is 2. The van der Waals surface area contributed by atoms with Crippen molar-refractivity contribution in [3.63, 3.8) is 0 Å². The summed E-state index contributed by atoms with van der Waals surface area (Å²) in [6.07, 6.45) is 2.20. The fraction of sp³-hybridized carbons (Fsp3) is 0.500. The molecule has 0 bridgehead atoms. The first-order valence-electron chi connectivity index (χ1n) is 7.47. The van der Waals surface area contributed by atoms with Crippen molar-refractivity contribution in [2.24, 2.45) is 5.92 Å². The van der Waals surface area contributed by atoms with E-state index in [1.807, 2.05) is 36.2 Å². The van der Waals surface area contributed by atoms with Crippen LogP contribution in [-0.4, -0.2) is 47.6 Å². The van der Waals surface area contributed by atoms with E-state index in [9.17, 15) is 4.79 Å². The van der Waals surface area contributed by atoms with Crippen molar-refractivity contribution in [2.45, 2.75) is 19.3 Å². The summed E-state index contributed by atoms with van der Waals surface area (Å²) in [4.78, 5) is 21.7. The maximum atomic E-state index is 12.2. The minimum Gasteiger partial charge on any atom is -0.381 e. The summed E-state index contributed by atoms with van der Waals surface area (Å²) in [5, 5.41) is 0. The van der Waals surface area contributed by atoms with Gasteiger partial charge in [0.25, 0.3) is 0 Å². The third-order valence-electron chi connectivity index (χ3n) is 4.00. The van der Waals surface area contributed by atoms with Gasteiger partial charge in [-0.2, -0.15) is 0 Å². The molecule has 1 aliphatic rings. The number of H-pyrrole nitrogens is 1. The Labute approximate surface area is 124 Å². The Morgan fingerprint density at radius 3 is 3.10 bits per heavy atom. The Morgan fingerprint density at radius 2 is 2.33 bits per heavy atom. The summed E-state index contributed by atoms with van der Waals surface area (Å²) in [5.74, 6) is 1.54. The quantitative estimate of drug-likeness (QED) is 0.915. The molecule has 2 aromatic rings. The number of carbonyl (C=O) groups is 1. The molecule has 21 heavy (non-hydrogen) atoms. The Morgan fingerprint density at radius 1 is 1.48 bits per heavy atom. The van der Waals surface area contributed by atoms with Gasteiger partial charge in [-0.3, -0.25) is 4.79 Å². The van der Waals surface area contributed by atoms with Crippen LogP contribution in [0.3, 0.4) is 0 Å². The highest BCUT2D eigenvalue weighted by Crippen LogP contribution is 2.15. The number of ether oxygens (including phenoxy) is 1. The molecule has 1 aromatic carbocycles. The topological polar surface area (TPSA) is 58.2 Å². The molecule has 1 N–H and O–H groups in total. The zero-order chi connectivity index (χ0) is 14.7. The van der Waals surface area contributed by atoms with Crippen LogP contribution in [0, 0.1) is 5.92 Å². The monoisotopic (exact) mass is 287 g/mol. The average molecular weight is 287 g/mol. The predicted molar refractivity (Wildman–Crippen MR) is 81.0 cm³/mol. The number of aromatic amines is 1. The molecule has 1 atom stereocenters. The van der Waals surface area contributed by atoms with Crippen LogP contribution in [0.15, 0.2) is 24.3 Å². The third kappa shape index (κ3) is 3.42. The van der Waals surface area contributed by atoms with Crippen molar-refractivity contribution in [1.29, 1.82) is 0 Å². The van der Waals surface area contributed by atoms with E-state index in [1.165, 1.54) is 0 Å². The molecular weight excluding hydrogens is 266 g/mol. The predicted octanol–water partition coefficient (Wildman–Crippen LogP) is 1.99. The number of hydrogen-bond donors (Lipinski definition) is 1. The number of rotatable bonds is 5. The van der Waals surface area contributed by atoms with E-state index in [0.29, 0.717) is 18.8 Å². The fourth-order valence-electron chi connectivity index (χ4n) is 2.76. The molecule has 112 valence electrons. The van der Waals surface area contributed by atoms with Crippen LogP contribution >= 0.6 is 0 Å². The molecule has 0 radical (unpaired) electrons. The number of aromatic nitrogens is 2. The van der Waals surface area contributed by atoms with Crippen LogP contribution in [0.2, 0.25) is 0 Å². The SMILES string of the molecule is CN(C[C@H]1CCOC1)C(=O)CCc1nc2ccccc2[nH]1. The number of benzene rings is 1. The summed E-state index contributed by atoms with van der Waals surface area (Å²) < 4.78 is 5.35. The second kappa shape index (κ2) is 6.26. The maximum Gasteiger partial charge on any atom is 0.222 e. The van der Waals surface area contributed by atoms with E-state index in [0.717, 1.165) is 43.0 Å². The Hall–Kier alpha value is -1.88. The normalized spacial score (nSPS) is 18.2. The van der Waals surface area contributed by atoms with Gasteiger partial charge in [-0.25, -0.2) is 4.98 Å². The van der Waals surface area contributed by atoms with Crippen molar-refractivity contribution in [3.05, 3.63) is 30.1 Å². The molecule has 0 unspecified atom stereocenters. The highest BCUT2D eigenvalue weighted by Gasteiger charge is 2.20. The maximum absolute atomic E-state index is 12.2. The van der Waals surface area contributed by atoms with Crippen molar-refractivity contribution < 1.29 is 9.53 Å². The lowest BCUT2D eigenvalue weighted by Crippen LogP contribution is -2.32. The minimum absolute atomic E-state index is 0.169. The van der Waals surface area contributed by atoms with E-state index in [2.05, 4.69) is 9.97 Å². The summed E-state index contributed by atoms with van der Waals surface area (Å²) >= 11 is 0. The Balaban J connectivity index is 1.52. The largest absolute Gasteiger partial charge is 0.381 e. The van der Waals surface area contributed by atoms with Crippen molar-refractivity contribution in [1.82, 2.24) is 14.9 Å². The smallest absolute Gasteiger partial charge is 0.222 e. The van der Waals surface area contributed by atoms with Crippen molar-refractivity contribution >= 4 is 16.9 Å². The first-order chi connectivity index (χ1) is 10.2. The molecular formula is C16H21N3O2. The highest BCUT2D eigenvalue weighted by molar-refractivity contribution is 5.77. The van der Waals surface area contributed by atoms with Gasteiger partial charge < -0.3 is 14.6 Å². The van der Waals surface area contributed by atoms with Gasteiger partial charge in [0.2, 0.25) is 5.91 Å². The fourth-order valence-corrected chi connectivity index (χ4v) is 2.76. The Bertz CT molecular complexity index is 584. The number of fused-ring (bicyclic) bond motifs is 1. The molecule has 0 saturated carbocycles. The van der Waals surface area contributed by atoms with Gasteiger partial charge in [-0.05, 0) is 18.6 Å². The zero-order valence-corrected chi connectivity index (χ0v) is 12.3. The molecule has 1 fully saturated rings. The molecule has 1 saturated heterocycles. The van der Waals surface area contributed by atoms with Crippen LogP contribution in [0.25, 0.3) is 11.0 Å². The molecule has 2 heterocycles. The van der Waals surface area contributed by atoms with Gasteiger partial charge >= 0.3 is 0 Å². The van der Waals surface area contributed by atoms with Crippen LogP contribution in [0.4, 0.5) is 0 Å². The second-order valence-corrected chi connectivity index (χ2v) is 5.70. The molecule has 3 rings (SSSR count). The molecule has 0 aliphatic carbocycles. The first-order valence-corrected chi connectivity index (χ1v) is 7.47. The van der Waals surface area contributed by atoms with Crippen LogP contribution in [-0.2, 0) is 16.0 Å². The summed E-state index contributed by atoms with van der Waals surface area (Å²) in [5.41, 5.74) is 1.98. The molecule has 5 nitrogen and oxygen atoms in total. The number of carbonyl (C=O) groups excluding carboxylic acids is 1. The molecule has 1 amide bonds. The van der Waals surface area contributed by atoms with Crippen molar-refractivity contribution in [2.75, 3.05) is 26.8 Å². The van der Waals surface area contributed by atoms with Crippen LogP contribution in [0.5, 0.6) is 0 Å².